The smallest absolute Gasteiger partial charge is 0.462 e. The fourth-order valence-electron chi connectivity index (χ4n) is 9.30. The highest BCUT2D eigenvalue weighted by Gasteiger charge is 2.30. The maximum absolute atomic E-state index is 13.0. The third kappa shape index (κ3) is 57.2. The molecule has 0 rings (SSSR count). The highest BCUT2D eigenvalue weighted by atomic mass is 31.2. The Morgan fingerprint density at radius 3 is 0.829 bits per heavy atom. The average molecular weight is 1210 g/mol. The van der Waals surface area contributed by atoms with E-state index in [9.17, 15) is 43.2 Å². The zero-order valence-electron chi connectivity index (χ0n) is 52.9. The fraction of sp³-hybridized carbons (Fsp3) is 0.937. The van der Waals surface area contributed by atoms with E-state index in [4.69, 9.17) is 37.0 Å². The third-order valence-electron chi connectivity index (χ3n) is 14.4. The van der Waals surface area contributed by atoms with E-state index in [0.29, 0.717) is 37.5 Å². The van der Waals surface area contributed by atoms with Crippen LogP contribution in [0.1, 0.15) is 305 Å². The Kier molecular flexibility index (Phi) is 53.2. The SMILES string of the molecule is CCCCCCCC(=O)OC[C@H](COP(=O)(O)OC[C@H](O)COP(=O)(O)OC[C@@H](COC(=O)CCCCCCCCCC(C)C)OC(=O)CCCCCCCCCCCCCCCCCC(C)C)OC(=O)CCCCCCCCC(C)C. The van der Waals surface area contributed by atoms with Crippen molar-refractivity contribution >= 4 is 39.5 Å². The molecular formula is C63H122O17P2. The summed E-state index contributed by atoms with van der Waals surface area (Å²) in [7, 11) is -9.88. The highest BCUT2D eigenvalue weighted by Crippen LogP contribution is 2.45. The van der Waals surface area contributed by atoms with Crippen molar-refractivity contribution < 1.29 is 80.2 Å². The van der Waals surface area contributed by atoms with Gasteiger partial charge in [-0.25, -0.2) is 9.13 Å². The first-order valence-electron chi connectivity index (χ1n) is 32.8. The summed E-state index contributed by atoms with van der Waals surface area (Å²) in [6, 6.07) is 0. The molecule has 0 aromatic carbocycles. The minimum Gasteiger partial charge on any atom is -0.462 e. The zero-order valence-corrected chi connectivity index (χ0v) is 54.7. The molecule has 82 heavy (non-hydrogen) atoms. The van der Waals surface area contributed by atoms with Crippen molar-refractivity contribution in [1.29, 1.82) is 0 Å². The van der Waals surface area contributed by atoms with Crippen LogP contribution in [0.15, 0.2) is 0 Å². The molecule has 0 bridgehead atoms. The van der Waals surface area contributed by atoms with Gasteiger partial charge in [0.1, 0.15) is 19.3 Å². The second-order valence-electron chi connectivity index (χ2n) is 24.2. The third-order valence-corrected chi connectivity index (χ3v) is 16.3. The first-order chi connectivity index (χ1) is 39.2. The van der Waals surface area contributed by atoms with Gasteiger partial charge in [0.25, 0.3) is 0 Å². The minimum absolute atomic E-state index is 0.101. The van der Waals surface area contributed by atoms with Gasteiger partial charge in [0.15, 0.2) is 12.2 Å². The number of esters is 4. The lowest BCUT2D eigenvalue weighted by Gasteiger charge is -2.21. The van der Waals surface area contributed by atoms with Crippen LogP contribution in [0.5, 0.6) is 0 Å². The molecule has 0 saturated heterocycles. The number of unbranched alkanes of at least 4 members (excludes halogenated alkanes) is 29. The standard InChI is InChI=1S/C63H122O17P2/c1-8-9-10-27-37-44-60(65)73-50-58(80-63(68)47-40-33-26-25-30-36-43-56(6)7)52-77-81(69,70)75-48-57(64)49-76-82(71,72)78-53-59(51-74-61(66)45-38-31-24-20-22-29-35-42-55(4)5)79-62(67)46-39-32-23-19-17-15-13-11-12-14-16-18-21-28-34-41-54(2)3/h54-59,64H,8-53H2,1-7H3,(H,69,70)(H,71,72)/t57-,58+,59+/m0/s1. The maximum Gasteiger partial charge on any atom is 0.472 e. The second-order valence-corrected chi connectivity index (χ2v) is 27.1. The fourth-order valence-corrected chi connectivity index (χ4v) is 10.9. The number of carbonyl (C=O) groups is 4. The number of hydrogen-bond donors (Lipinski definition) is 3. The van der Waals surface area contributed by atoms with E-state index in [1.807, 2.05) is 0 Å². The predicted molar refractivity (Wildman–Crippen MR) is 326 cm³/mol. The topological polar surface area (TPSA) is 237 Å². The molecule has 0 aromatic rings. The molecule has 0 aliphatic rings. The number of phosphoric ester groups is 2. The Morgan fingerprint density at radius 1 is 0.329 bits per heavy atom. The first-order valence-corrected chi connectivity index (χ1v) is 35.8. The lowest BCUT2D eigenvalue weighted by atomic mass is 10.0. The molecule has 5 atom stereocenters. The Morgan fingerprint density at radius 2 is 0.561 bits per heavy atom. The molecule has 19 heteroatoms. The van der Waals surface area contributed by atoms with E-state index in [0.717, 1.165) is 109 Å². The summed E-state index contributed by atoms with van der Waals surface area (Å²) in [5, 5.41) is 10.5. The van der Waals surface area contributed by atoms with Crippen molar-refractivity contribution in [3.8, 4) is 0 Å². The summed E-state index contributed by atoms with van der Waals surface area (Å²) in [4.78, 5) is 71.8. The highest BCUT2D eigenvalue weighted by molar-refractivity contribution is 7.47. The van der Waals surface area contributed by atoms with Gasteiger partial charge in [-0.05, 0) is 43.4 Å². The summed E-state index contributed by atoms with van der Waals surface area (Å²) >= 11 is 0. The van der Waals surface area contributed by atoms with Crippen molar-refractivity contribution in [2.24, 2.45) is 17.8 Å². The molecule has 2 unspecified atom stereocenters. The van der Waals surface area contributed by atoms with E-state index < -0.39 is 97.5 Å². The van der Waals surface area contributed by atoms with Gasteiger partial charge < -0.3 is 33.8 Å². The summed E-state index contributed by atoms with van der Waals surface area (Å²) in [6.45, 7) is 11.6. The normalized spacial score (nSPS) is 14.4. The van der Waals surface area contributed by atoms with Crippen molar-refractivity contribution in [2.45, 2.75) is 324 Å². The molecule has 0 aliphatic heterocycles. The maximum atomic E-state index is 13.0. The zero-order chi connectivity index (χ0) is 61.0. The number of carbonyl (C=O) groups excluding carboxylic acids is 4. The van der Waals surface area contributed by atoms with E-state index in [2.05, 4.69) is 48.5 Å². The summed E-state index contributed by atoms with van der Waals surface area (Å²) in [5.41, 5.74) is 0. The molecule has 17 nitrogen and oxygen atoms in total. The van der Waals surface area contributed by atoms with E-state index in [-0.39, 0.29) is 25.7 Å². The number of aliphatic hydroxyl groups excluding tert-OH is 1. The first kappa shape index (κ1) is 80.1. The van der Waals surface area contributed by atoms with E-state index in [1.54, 1.807) is 0 Å². The van der Waals surface area contributed by atoms with Crippen LogP contribution in [0.3, 0.4) is 0 Å². The van der Waals surface area contributed by atoms with Gasteiger partial charge in [-0.3, -0.25) is 37.3 Å². The number of phosphoric acid groups is 2. The van der Waals surface area contributed by atoms with Crippen LogP contribution in [0, 0.1) is 17.8 Å². The van der Waals surface area contributed by atoms with Gasteiger partial charge in [0.05, 0.1) is 26.4 Å². The number of hydrogen-bond acceptors (Lipinski definition) is 15. The van der Waals surface area contributed by atoms with Crippen molar-refractivity contribution in [3.63, 3.8) is 0 Å². The van der Waals surface area contributed by atoms with E-state index in [1.165, 1.54) is 103 Å². The van der Waals surface area contributed by atoms with Crippen molar-refractivity contribution in [1.82, 2.24) is 0 Å². The number of rotatable bonds is 61. The molecule has 486 valence electrons. The molecular weight excluding hydrogens is 1090 g/mol. The Balaban J connectivity index is 5.13. The predicted octanol–water partition coefficient (Wildman–Crippen LogP) is 17.1. The van der Waals surface area contributed by atoms with Gasteiger partial charge >= 0.3 is 39.5 Å². The number of aliphatic hydroxyl groups is 1. The molecule has 0 amide bonds. The van der Waals surface area contributed by atoms with Gasteiger partial charge in [-0.15, -0.1) is 0 Å². The van der Waals surface area contributed by atoms with E-state index >= 15 is 0 Å². The largest absolute Gasteiger partial charge is 0.472 e. The molecule has 0 aliphatic carbocycles. The lowest BCUT2D eigenvalue weighted by Crippen LogP contribution is -2.30. The van der Waals surface area contributed by atoms with Crippen LogP contribution < -0.4 is 0 Å². The van der Waals surface area contributed by atoms with Crippen LogP contribution in [0.25, 0.3) is 0 Å². The summed E-state index contributed by atoms with van der Waals surface area (Å²) < 4.78 is 67.7. The Hall–Kier alpha value is -1.94. The summed E-state index contributed by atoms with van der Waals surface area (Å²) in [6.07, 6.45) is 35.5. The quantitative estimate of drug-likeness (QED) is 0.0222. The van der Waals surface area contributed by atoms with Crippen LogP contribution >= 0.6 is 15.6 Å². The van der Waals surface area contributed by atoms with Crippen LogP contribution in [0.2, 0.25) is 0 Å². The molecule has 3 N–H and O–H groups in total. The molecule has 0 heterocycles. The minimum atomic E-state index is -4.94. The molecule has 0 aromatic heterocycles. The Bertz CT molecular complexity index is 1630. The lowest BCUT2D eigenvalue weighted by molar-refractivity contribution is -0.161. The summed E-state index contributed by atoms with van der Waals surface area (Å²) in [5.74, 6) is 0.0247. The molecule has 0 fully saturated rings. The molecule has 0 spiro atoms. The van der Waals surface area contributed by atoms with Gasteiger partial charge in [-0.2, -0.15) is 0 Å². The molecule has 0 saturated carbocycles. The van der Waals surface area contributed by atoms with Crippen molar-refractivity contribution in [3.05, 3.63) is 0 Å². The molecule has 0 radical (unpaired) electrons. The van der Waals surface area contributed by atoms with Gasteiger partial charge in [0.2, 0.25) is 0 Å². The monoisotopic (exact) mass is 1210 g/mol. The second kappa shape index (κ2) is 54.5. The van der Waals surface area contributed by atoms with Crippen molar-refractivity contribution in [2.75, 3.05) is 39.6 Å². The van der Waals surface area contributed by atoms with Crippen LogP contribution in [0.4, 0.5) is 0 Å². The number of ether oxygens (including phenoxy) is 4. The van der Waals surface area contributed by atoms with Crippen LogP contribution in [-0.2, 0) is 65.4 Å². The average Bonchev–Trinajstić information content (AvgIpc) is 3.42. The van der Waals surface area contributed by atoms with Crippen LogP contribution in [-0.4, -0.2) is 96.7 Å². The Labute approximate surface area is 498 Å². The van der Waals surface area contributed by atoms with Gasteiger partial charge in [-0.1, -0.05) is 254 Å². The van der Waals surface area contributed by atoms with Gasteiger partial charge in [0, 0.05) is 25.7 Å².